The van der Waals surface area contributed by atoms with E-state index in [0.29, 0.717) is 33.8 Å². The van der Waals surface area contributed by atoms with Gasteiger partial charge >= 0.3 is 0 Å². The number of ether oxygens (including phenoxy) is 2. The molecule has 25 heavy (non-hydrogen) atoms. The van der Waals surface area contributed by atoms with Crippen molar-refractivity contribution in [1.29, 1.82) is 0 Å². The van der Waals surface area contributed by atoms with Gasteiger partial charge in [-0.25, -0.2) is 0 Å². The highest BCUT2D eigenvalue weighted by atomic mass is 35.5. The number of carbonyl (C=O) groups is 1. The summed E-state index contributed by atoms with van der Waals surface area (Å²) >= 11 is 12.1. The number of methoxy groups -OCH3 is 2. The summed E-state index contributed by atoms with van der Waals surface area (Å²) in [5.41, 5.74) is 1.51. The summed E-state index contributed by atoms with van der Waals surface area (Å²) in [6.07, 6.45) is 0.750. The SMILES string of the molecule is COc1ccc(CCNCC(=O)Nc2c(Cl)cccc2Cl)cc1OC. The van der Waals surface area contributed by atoms with Crippen LogP contribution >= 0.6 is 23.2 Å². The van der Waals surface area contributed by atoms with Crippen molar-refractivity contribution >= 4 is 34.8 Å². The van der Waals surface area contributed by atoms with Crippen LogP contribution < -0.4 is 20.1 Å². The lowest BCUT2D eigenvalue weighted by atomic mass is 10.1. The molecule has 0 unspecified atom stereocenters. The van der Waals surface area contributed by atoms with Crippen LogP contribution in [0, 0.1) is 0 Å². The number of hydrogen-bond acceptors (Lipinski definition) is 4. The van der Waals surface area contributed by atoms with Crippen LogP contribution in [0.25, 0.3) is 0 Å². The Labute approximate surface area is 157 Å². The van der Waals surface area contributed by atoms with Crippen LogP contribution in [-0.4, -0.2) is 33.2 Å². The van der Waals surface area contributed by atoms with Crippen LogP contribution in [0.15, 0.2) is 36.4 Å². The van der Waals surface area contributed by atoms with Gasteiger partial charge in [0.05, 0.1) is 36.5 Å². The molecule has 0 aliphatic carbocycles. The molecule has 2 aromatic rings. The standard InChI is InChI=1S/C18H20Cl2N2O3/c1-24-15-7-6-12(10-16(15)25-2)8-9-21-11-17(23)22-18-13(19)4-3-5-14(18)20/h3-7,10,21H,8-9,11H2,1-2H3,(H,22,23). The lowest BCUT2D eigenvalue weighted by molar-refractivity contribution is -0.115. The monoisotopic (exact) mass is 382 g/mol. The van der Waals surface area contributed by atoms with Gasteiger partial charge in [-0.1, -0.05) is 35.3 Å². The Hall–Kier alpha value is -1.95. The van der Waals surface area contributed by atoms with Crippen molar-refractivity contribution in [3.8, 4) is 11.5 Å². The Balaban J connectivity index is 1.80. The zero-order chi connectivity index (χ0) is 18.2. The molecule has 0 fully saturated rings. The number of rotatable bonds is 8. The maximum Gasteiger partial charge on any atom is 0.238 e. The average molecular weight is 383 g/mol. The predicted octanol–water partition coefficient (Wildman–Crippen LogP) is 3.78. The summed E-state index contributed by atoms with van der Waals surface area (Å²) in [6.45, 7) is 0.800. The third kappa shape index (κ3) is 5.53. The minimum Gasteiger partial charge on any atom is -0.493 e. The minimum atomic E-state index is -0.206. The van der Waals surface area contributed by atoms with Crippen LogP contribution in [0.2, 0.25) is 10.0 Å². The fourth-order valence-electron chi connectivity index (χ4n) is 2.27. The first-order chi connectivity index (χ1) is 12.0. The van der Waals surface area contributed by atoms with Gasteiger partial charge in [0, 0.05) is 0 Å². The molecule has 0 aromatic heterocycles. The maximum atomic E-state index is 12.0. The molecule has 7 heteroatoms. The summed E-state index contributed by atoms with van der Waals surface area (Å²) < 4.78 is 10.5. The van der Waals surface area contributed by atoms with E-state index in [9.17, 15) is 4.79 Å². The number of hydrogen-bond donors (Lipinski definition) is 2. The number of halogens is 2. The van der Waals surface area contributed by atoms with Gasteiger partial charge in [0.15, 0.2) is 11.5 Å². The third-order valence-corrected chi connectivity index (χ3v) is 4.18. The van der Waals surface area contributed by atoms with Crippen molar-refractivity contribution in [1.82, 2.24) is 5.32 Å². The fourth-order valence-corrected chi connectivity index (χ4v) is 2.76. The molecule has 2 N–H and O–H groups in total. The molecular weight excluding hydrogens is 363 g/mol. The van der Waals surface area contributed by atoms with Crippen molar-refractivity contribution in [2.75, 3.05) is 32.6 Å². The number of nitrogens with one attached hydrogen (secondary N) is 2. The molecular formula is C18H20Cl2N2O3. The Kier molecular flexibility index (Phi) is 7.37. The molecule has 0 saturated heterocycles. The summed E-state index contributed by atoms with van der Waals surface area (Å²) in [7, 11) is 3.20. The smallest absolute Gasteiger partial charge is 0.238 e. The molecule has 0 saturated carbocycles. The fraction of sp³-hybridized carbons (Fsp3) is 0.278. The van der Waals surface area contributed by atoms with E-state index < -0.39 is 0 Å². The quantitative estimate of drug-likeness (QED) is 0.682. The van der Waals surface area contributed by atoms with Crippen molar-refractivity contribution in [2.45, 2.75) is 6.42 Å². The second kappa shape index (κ2) is 9.51. The number of amides is 1. The van der Waals surface area contributed by atoms with Gasteiger partial charge in [-0.3, -0.25) is 4.79 Å². The average Bonchev–Trinajstić information content (AvgIpc) is 2.61. The molecule has 0 radical (unpaired) electrons. The molecule has 0 aliphatic heterocycles. The molecule has 2 aromatic carbocycles. The molecule has 0 heterocycles. The van der Waals surface area contributed by atoms with Gasteiger partial charge in [0.1, 0.15) is 0 Å². The highest BCUT2D eigenvalue weighted by molar-refractivity contribution is 6.39. The second-order valence-electron chi connectivity index (χ2n) is 5.26. The summed E-state index contributed by atoms with van der Waals surface area (Å²) in [5.74, 6) is 1.17. The number of anilines is 1. The van der Waals surface area contributed by atoms with Gasteiger partial charge < -0.3 is 20.1 Å². The lowest BCUT2D eigenvalue weighted by Gasteiger charge is -2.11. The molecule has 1 amide bonds. The second-order valence-corrected chi connectivity index (χ2v) is 6.08. The highest BCUT2D eigenvalue weighted by Gasteiger charge is 2.09. The van der Waals surface area contributed by atoms with Gasteiger partial charge in [0.2, 0.25) is 5.91 Å². The van der Waals surface area contributed by atoms with E-state index in [4.69, 9.17) is 32.7 Å². The van der Waals surface area contributed by atoms with Crippen LogP contribution in [0.1, 0.15) is 5.56 Å². The Bertz CT molecular complexity index is 718. The molecule has 5 nitrogen and oxygen atoms in total. The van der Waals surface area contributed by atoms with Crippen molar-refractivity contribution < 1.29 is 14.3 Å². The lowest BCUT2D eigenvalue weighted by Crippen LogP contribution is -2.29. The van der Waals surface area contributed by atoms with E-state index in [1.165, 1.54) is 0 Å². The number of carbonyl (C=O) groups excluding carboxylic acids is 1. The molecule has 0 aliphatic rings. The number of benzene rings is 2. The van der Waals surface area contributed by atoms with E-state index in [1.807, 2.05) is 18.2 Å². The first-order valence-electron chi connectivity index (χ1n) is 7.70. The first-order valence-corrected chi connectivity index (χ1v) is 8.46. The van der Waals surface area contributed by atoms with Crippen LogP contribution in [0.3, 0.4) is 0 Å². The molecule has 0 atom stereocenters. The summed E-state index contributed by atoms with van der Waals surface area (Å²) in [4.78, 5) is 12.0. The minimum absolute atomic E-state index is 0.162. The van der Waals surface area contributed by atoms with E-state index >= 15 is 0 Å². The Morgan fingerprint density at radius 1 is 1.04 bits per heavy atom. The predicted molar refractivity (Wildman–Crippen MR) is 101 cm³/mol. The topological polar surface area (TPSA) is 59.6 Å². The van der Waals surface area contributed by atoms with E-state index in [1.54, 1.807) is 32.4 Å². The van der Waals surface area contributed by atoms with E-state index in [2.05, 4.69) is 10.6 Å². The molecule has 2 rings (SSSR count). The van der Waals surface area contributed by atoms with Crippen molar-refractivity contribution in [3.63, 3.8) is 0 Å². The van der Waals surface area contributed by atoms with Gasteiger partial charge in [-0.15, -0.1) is 0 Å². The van der Waals surface area contributed by atoms with Gasteiger partial charge in [0.25, 0.3) is 0 Å². The maximum absolute atomic E-state index is 12.0. The molecule has 0 spiro atoms. The largest absolute Gasteiger partial charge is 0.493 e. The summed E-state index contributed by atoms with van der Waals surface area (Å²) in [5, 5.41) is 6.61. The summed E-state index contributed by atoms with van der Waals surface area (Å²) in [6, 6.07) is 10.8. The molecule has 134 valence electrons. The number of para-hydroxylation sites is 1. The van der Waals surface area contributed by atoms with E-state index in [0.717, 1.165) is 12.0 Å². The first kappa shape index (κ1) is 19.4. The van der Waals surface area contributed by atoms with Gasteiger partial charge in [-0.05, 0) is 42.8 Å². The van der Waals surface area contributed by atoms with Crippen LogP contribution in [-0.2, 0) is 11.2 Å². The zero-order valence-corrected chi connectivity index (χ0v) is 15.6. The zero-order valence-electron chi connectivity index (χ0n) is 14.1. The Morgan fingerprint density at radius 2 is 1.72 bits per heavy atom. The Morgan fingerprint density at radius 3 is 2.36 bits per heavy atom. The van der Waals surface area contributed by atoms with Crippen LogP contribution in [0.5, 0.6) is 11.5 Å². The highest BCUT2D eigenvalue weighted by Crippen LogP contribution is 2.29. The van der Waals surface area contributed by atoms with Crippen molar-refractivity contribution in [2.24, 2.45) is 0 Å². The third-order valence-electron chi connectivity index (χ3n) is 3.55. The van der Waals surface area contributed by atoms with E-state index in [-0.39, 0.29) is 12.5 Å². The van der Waals surface area contributed by atoms with Crippen molar-refractivity contribution in [3.05, 3.63) is 52.0 Å². The molecule has 0 bridgehead atoms. The van der Waals surface area contributed by atoms with Gasteiger partial charge in [-0.2, -0.15) is 0 Å². The normalized spacial score (nSPS) is 10.4. The van der Waals surface area contributed by atoms with Crippen LogP contribution in [0.4, 0.5) is 5.69 Å².